The van der Waals surface area contributed by atoms with Crippen LogP contribution < -0.4 is 9.64 Å². The zero-order valence-corrected chi connectivity index (χ0v) is 22.0. The number of halogens is 1. The van der Waals surface area contributed by atoms with Gasteiger partial charge in [-0.05, 0) is 81.5 Å². The van der Waals surface area contributed by atoms with E-state index >= 15 is 0 Å². The third kappa shape index (κ3) is 5.23. The van der Waals surface area contributed by atoms with Gasteiger partial charge in [-0.3, -0.25) is 4.79 Å². The van der Waals surface area contributed by atoms with Gasteiger partial charge in [0.2, 0.25) is 0 Å². The number of fused-ring (bicyclic) bond motifs is 1. The van der Waals surface area contributed by atoms with Gasteiger partial charge in [-0.25, -0.2) is 9.18 Å². The minimum absolute atomic E-state index is 0.162. The Balaban J connectivity index is 1.93. The van der Waals surface area contributed by atoms with E-state index in [9.17, 15) is 19.1 Å². The monoisotopic (exact) mass is 505 g/mol. The number of hydrogen-bond donors (Lipinski definition) is 1. The molecule has 0 saturated carbocycles. The Morgan fingerprint density at radius 3 is 2.32 bits per heavy atom. The highest BCUT2D eigenvalue weighted by Gasteiger charge is 2.36. The van der Waals surface area contributed by atoms with E-state index in [1.165, 1.54) is 25.3 Å². The molecule has 0 aliphatic carbocycles. The van der Waals surface area contributed by atoms with Crippen molar-refractivity contribution in [2.75, 3.05) is 18.6 Å². The Morgan fingerprint density at radius 2 is 1.73 bits per heavy atom. The summed E-state index contributed by atoms with van der Waals surface area (Å²) in [4.78, 5) is 27.8. The number of carboxylic acid groups (broad SMARTS) is 1. The lowest BCUT2D eigenvalue weighted by atomic mass is 9.86. The summed E-state index contributed by atoms with van der Waals surface area (Å²) in [5.74, 6) is -1.71. The first-order valence-corrected chi connectivity index (χ1v) is 12.2. The van der Waals surface area contributed by atoms with E-state index in [2.05, 4.69) is 0 Å². The molecule has 0 bridgehead atoms. The average Bonchev–Trinajstić information content (AvgIpc) is 3.24. The summed E-state index contributed by atoms with van der Waals surface area (Å²) >= 11 is 0. The van der Waals surface area contributed by atoms with Crippen molar-refractivity contribution in [3.05, 3.63) is 82.2 Å². The first-order chi connectivity index (χ1) is 17.4. The Kier molecular flexibility index (Phi) is 7.11. The molecule has 1 atom stereocenters. The standard InChI is InChI=1S/C30H32FNO5/c1-17-7-9-19(10-8-17)26-21-13-14-32(28(33)22-12-11-20(31)16-24(22)36-6)23(21)15-18(2)25(26)27(29(34)35)37-30(3,4)5/h7-12,15-16,27H,13-14H2,1-6H3,(H,34,35)/t27-/m0/s1. The average molecular weight is 506 g/mol. The summed E-state index contributed by atoms with van der Waals surface area (Å²) in [7, 11) is 1.40. The van der Waals surface area contributed by atoms with Crippen molar-refractivity contribution in [1.82, 2.24) is 0 Å². The van der Waals surface area contributed by atoms with E-state index in [4.69, 9.17) is 9.47 Å². The predicted octanol–water partition coefficient (Wildman–Crippen LogP) is 6.26. The van der Waals surface area contributed by atoms with Crippen LogP contribution in [-0.2, 0) is 16.0 Å². The summed E-state index contributed by atoms with van der Waals surface area (Å²) in [5, 5.41) is 10.2. The summed E-state index contributed by atoms with van der Waals surface area (Å²) in [5.41, 5.74) is 5.14. The lowest BCUT2D eigenvalue weighted by Gasteiger charge is -2.29. The highest BCUT2D eigenvalue weighted by molar-refractivity contribution is 6.10. The fourth-order valence-corrected chi connectivity index (χ4v) is 4.87. The van der Waals surface area contributed by atoms with E-state index in [1.54, 1.807) is 4.90 Å². The molecule has 3 aromatic rings. The van der Waals surface area contributed by atoms with E-state index < -0.39 is 23.5 Å². The van der Waals surface area contributed by atoms with Gasteiger partial charge in [0.1, 0.15) is 11.6 Å². The summed E-state index contributed by atoms with van der Waals surface area (Å²) in [6.45, 7) is 9.71. The number of amides is 1. The van der Waals surface area contributed by atoms with Crippen molar-refractivity contribution in [3.8, 4) is 16.9 Å². The molecule has 1 aliphatic rings. The highest BCUT2D eigenvalue weighted by atomic mass is 19.1. The van der Waals surface area contributed by atoms with Crippen LogP contribution >= 0.6 is 0 Å². The molecular weight excluding hydrogens is 473 g/mol. The van der Waals surface area contributed by atoms with Crippen LogP contribution in [-0.4, -0.2) is 36.2 Å². The second-order valence-corrected chi connectivity index (χ2v) is 10.3. The topological polar surface area (TPSA) is 76.1 Å². The number of carbonyl (C=O) groups excluding carboxylic acids is 1. The SMILES string of the molecule is COc1cc(F)ccc1C(=O)N1CCc2c1cc(C)c([C@H](OC(C)(C)C)C(=O)O)c2-c1ccc(C)cc1. The maximum atomic E-state index is 13.8. The molecule has 3 aromatic carbocycles. The maximum Gasteiger partial charge on any atom is 0.337 e. The van der Waals surface area contributed by atoms with E-state index in [0.717, 1.165) is 22.3 Å². The molecule has 1 amide bonds. The zero-order valence-electron chi connectivity index (χ0n) is 22.0. The molecule has 37 heavy (non-hydrogen) atoms. The van der Waals surface area contributed by atoms with Crippen molar-refractivity contribution >= 4 is 17.6 Å². The number of hydrogen-bond acceptors (Lipinski definition) is 4. The Hall–Kier alpha value is -3.71. The van der Waals surface area contributed by atoms with Crippen LogP contribution in [0.25, 0.3) is 11.1 Å². The van der Waals surface area contributed by atoms with Crippen LogP contribution in [0.5, 0.6) is 5.75 Å². The summed E-state index contributed by atoms with van der Waals surface area (Å²) in [6.07, 6.45) is -0.660. The molecule has 1 heterocycles. The molecule has 194 valence electrons. The predicted molar refractivity (Wildman–Crippen MR) is 141 cm³/mol. The summed E-state index contributed by atoms with van der Waals surface area (Å²) in [6, 6.07) is 13.6. The smallest absolute Gasteiger partial charge is 0.337 e. The molecular formula is C30H32FNO5. The van der Waals surface area contributed by atoms with Crippen LogP contribution in [0.1, 0.15) is 59.5 Å². The number of ether oxygens (including phenoxy) is 2. The molecule has 0 spiro atoms. The number of aryl methyl sites for hydroxylation is 2. The molecule has 0 saturated heterocycles. The first-order valence-electron chi connectivity index (χ1n) is 12.2. The van der Waals surface area contributed by atoms with Crippen LogP contribution in [0, 0.1) is 19.7 Å². The number of anilines is 1. The van der Waals surface area contributed by atoms with Crippen molar-refractivity contribution in [2.24, 2.45) is 0 Å². The fourth-order valence-electron chi connectivity index (χ4n) is 4.87. The zero-order chi connectivity index (χ0) is 27.1. The summed E-state index contributed by atoms with van der Waals surface area (Å²) < 4.78 is 25.1. The maximum absolute atomic E-state index is 13.8. The minimum Gasteiger partial charge on any atom is -0.496 e. The van der Waals surface area contributed by atoms with Gasteiger partial charge in [0.25, 0.3) is 5.91 Å². The number of aliphatic carboxylic acids is 1. The van der Waals surface area contributed by atoms with Gasteiger partial charge in [0, 0.05) is 23.9 Å². The highest BCUT2D eigenvalue weighted by Crippen LogP contribution is 2.45. The van der Waals surface area contributed by atoms with Gasteiger partial charge in [0.05, 0.1) is 18.3 Å². The molecule has 0 aromatic heterocycles. The van der Waals surface area contributed by atoms with E-state index in [0.29, 0.717) is 29.8 Å². The Bertz CT molecular complexity index is 1360. The second kappa shape index (κ2) is 9.98. The van der Waals surface area contributed by atoms with Gasteiger partial charge < -0.3 is 19.5 Å². The van der Waals surface area contributed by atoms with Crippen molar-refractivity contribution in [2.45, 2.75) is 52.7 Å². The molecule has 1 N–H and O–H groups in total. The van der Waals surface area contributed by atoms with Crippen LogP contribution in [0.15, 0.2) is 48.5 Å². The van der Waals surface area contributed by atoms with Gasteiger partial charge in [-0.15, -0.1) is 0 Å². The number of carbonyl (C=O) groups is 2. The molecule has 1 aliphatic heterocycles. The van der Waals surface area contributed by atoms with Gasteiger partial charge in [0.15, 0.2) is 6.10 Å². The van der Waals surface area contributed by atoms with Crippen LogP contribution in [0.2, 0.25) is 0 Å². The third-order valence-corrected chi connectivity index (χ3v) is 6.47. The molecule has 0 fully saturated rings. The van der Waals surface area contributed by atoms with E-state index in [1.807, 2.05) is 65.0 Å². The number of carboxylic acids is 1. The number of benzene rings is 3. The van der Waals surface area contributed by atoms with Crippen molar-refractivity contribution < 1.29 is 28.6 Å². The molecule has 0 unspecified atom stereocenters. The molecule has 4 rings (SSSR count). The van der Waals surface area contributed by atoms with Gasteiger partial charge in [-0.1, -0.05) is 29.8 Å². The van der Waals surface area contributed by atoms with Crippen molar-refractivity contribution in [1.29, 1.82) is 0 Å². The van der Waals surface area contributed by atoms with Crippen LogP contribution in [0.3, 0.4) is 0 Å². The quantitative estimate of drug-likeness (QED) is 0.428. The van der Waals surface area contributed by atoms with Crippen LogP contribution in [0.4, 0.5) is 10.1 Å². The number of nitrogens with zero attached hydrogens (tertiary/aromatic N) is 1. The first kappa shape index (κ1) is 26.4. The molecule has 7 heteroatoms. The fraction of sp³-hybridized carbons (Fsp3) is 0.333. The lowest BCUT2D eigenvalue weighted by Crippen LogP contribution is -2.30. The second-order valence-electron chi connectivity index (χ2n) is 10.3. The Morgan fingerprint density at radius 1 is 1.05 bits per heavy atom. The number of methoxy groups -OCH3 is 1. The van der Waals surface area contributed by atoms with Gasteiger partial charge in [-0.2, -0.15) is 0 Å². The molecule has 6 nitrogen and oxygen atoms in total. The number of rotatable bonds is 6. The normalized spacial score (nSPS) is 13.9. The van der Waals surface area contributed by atoms with Crippen molar-refractivity contribution in [3.63, 3.8) is 0 Å². The lowest BCUT2D eigenvalue weighted by molar-refractivity contribution is -0.160. The third-order valence-electron chi connectivity index (χ3n) is 6.47. The van der Waals surface area contributed by atoms with E-state index in [-0.39, 0.29) is 17.2 Å². The molecule has 0 radical (unpaired) electrons. The largest absolute Gasteiger partial charge is 0.496 e. The Labute approximate surface area is 216 Å². The van der Waals surface area contributed by atoms with Gasteiger partial charge >= 0.3 is 5.97 Å². The minimum atomic E-state index is -1.19.